The van der Waals surface area contributed by atoms with Crippen molar-refractivity contribution in [2.24, 2.45) is 0 Å². The molecule has 0 saturated heterocycles. The van der Waals surface area contributed by atoms with Crippen molar-refractivity contribution in [1.29, 1.82) is 0 Å². The predicted octanol–water partition coefficient (Wildman–Crippen LogP) is 3.76. The zero-order chi connectivity index (χ0) is 18.2. The summed E-state index contributed by atoms with van der Waals surface area (Å²) >= 11 is 0. The minimum atomic E-state index is -0.450. The number of nitrogens with one attached hydrogen (secondary N) is 1. The summed E-state index contributed by atoms with van der Waals surface area (Å²) in [5.41, 5.74) is 0.558. The molecule has 0 saturated carbocycles. The van der Waals surface area contributed by atoms with Crippen molar-refractivity contribution in [1.82, 2.24) is 9.97 Å². The van der Waals surface area contributed by atoms with Gasteiger partial charge in [0.05, 0.1) is 11.5 Å². The molecule has 0 aliphatic rings. The molecule has 0 atom stereocenters. The number of hydrogen-bond acceptors (Lipinski definition) is 7. The largest absolute Gasteiger partial charge is 0.494 e. The fourth-order valence-corrected chi connectivity index (χ4v) is 2.35. The van der Waals surface area contributed by atoms with Crippen molar-refractivity contribution >= 4 is 23.0 Å². The minimum Gasteiger partial charge on any atom is -0.494 e. The zero-order valence-electron chi connectivity index (χ0n) is 14.7. The summed E-state index contributed by atoms with van der Waals surface area (Å²) in [4.78, 5) is 21.1. The summed E-state index contributed by atoms with van der Waals surface area (Å²) in [6.45, 7) is 5.25. The lowest BCUT2D eigenvalue weighted by atomic mass is 10.3. The number of nitro groups is 1. The number of anilines is 3. The number of benzene rings is 1. The Morgan fingerprint density at radius 3 is 2.56 bits per heavy atom. The van der Waals surface area contributed by atoms with Gasteiger partial charge in [0.2, 0.25) is 11.6 Å². The van der Waals surface area contributed by atoms with Crippen LogP contribution in [0.3, 0.4) is 0 Å². The lowest BCUT2D eigenvalue weighted by molar-refractivity contribution is -0.383. The SMILES string of the molecule is CCCCN(C)c1ncnc(Nc2ccc(OCC)cc2)c1[N+](=O)[O-]. The highest BCUT2D eigenvalue weighted by Crippen LogP contribution is 2.33. The molecule has 0 aliphatic heterocycles. The van der Waals surface area contributed by atoms with Crippen LogP contribution >= 0.6 is 0 Å². The first-order valence-corrected chi connectivity index (χ1v) is 8.27. The molecule has 1 aromatic carbocycles. The van der Waals surface area contributed by atoms with Gasteiger partial charge >= 0.3 is 5.69 Å². The lowest BCUT2D eigenvalue weighted by Gasteiger charge is -2.18. The van der Waals surface area contributed by atoms with Crippen LogP contribution in [0.15, 0.2) is 30.6 Å². The van der Waals surface area contributed by atoms with E-state index in [0.717, 1.165) is 18.6 Å². The first kappa shape index (κ1) is 18.4. The summed E-state index contributed by atoms with van der Waals surface area (Å²) in [6.07, 6.45) is 3.27. The van der Waals surface area contributed by atoms with Crippen molar-refractivity contribution in [3.63, 3.8) is 0 Å². The van der Waals surface area contributed by atoms with E-state index in [1.807, 2.05) is 6.92 Å². The van der Waals surface area contributed by atoms with Gasteiger partial charge in [0.25, 0.3) is 0 Å². The van der Waals surface area contributed by atoms with E-state index in [0.29, 0.717) is 24.7 Å². The van der Waals surface area contributed by atoms with Crippen molar-refractivity contribution in [2.75, 3.05) is 30.4 Å². The highest BCUT2D eigenvalue weighted by molar-refractivity contribution is 5.74. The van der Waals surface area contributed by atoms with Gasteiger partial charge in [-0.25, -0.2) is 9.97 Å². The van der Waals surface area contributed by atoms with Crippen LogP contribution in [0.1, 0.15) is 26.7 Å². The Morgan fingerprint density at radius 1 is 1.24 bits per heavy atom. The summed E-state index contributed by atoms with van der Waals surface area (Å²) < 4.78 is 5.39. The third kappa shape index (κ3) is 4.79. The van der Waals surface area contributed by atoms with Gasteiger partial charge in [0, 0.05) is 19.3 Å². The molecule has 0 bridgehead atoms. The van der Waals surface area contributed by atoms with E-state index in [2.05, 4.69) is 22.2 Å². The highest BCUT2D eigenvalue weighted by atomic mass is 16.6. The van der Waals surface area contributed by atoms with E-state index >= 15 is 0 Å². The average Bonchev–Trinajstić information content (AvgIpc) is 2.61. The number of nitrogens with zero attached hydrogens (tertiary/aromatic N) is 4. The second-order valence-electron chi connectivity index (χ2n) is 5.51. The summed E-state index contributed by atoms with van der Waals surface area (Å²) in [5.74, 6) is 1.22. The van der Waals surface area contributed by atoms with Crippen molar-refractivity contribution < 1.29 is 9.66 Å². The first-order chi connectivity index (χ1) is 12.1. The van der Waals surface area contributed by atoms with E-state index in [-0.39, 0.29) is 11.5 Å². The maximum Gasteiger partial charge on any atom is 0.353 e. The molecule has 0 spiro atoms. The minimum absolute atomic E-state index is 0.130. The smallest absolute Gasteiger partial charge is 0.353 e. The van der Waals surface area contributed by atoms with E-state index in [1.54, 1.807) is 36.2 Å². The number of hydrogen-bond donors (Lipinski definition) is 1. The predicted molar refractivity (Wildman–Crippen MR) is 97.8 cm³/mol. The van der Waals surface area contributed by atoms with Gasteiger partial charge < -0.3 is 15.0 Å². The van der Waals surface area contributed by atoms with Crippen LogP contribution < -0.4 is 15.0 Å². The number of rotatable bonds is 9. The maximum absolute atomic E-state index is 11.6. The van der Waals surface area contributed by atoms with Crippen molar-refractivity contribution in [3.05, 3.63) is 40.7 Å². The molecule has 2 rings (SSSR count). The zero-order valence-corrected chi connectivity index (χ0v) is 14.7. The van der Waals surface area contributed by atoms with Crippen LogP contribution in [0.5, 0.6) is 5.75 Å². The normalized spacial score (nSPS) is 10.4. The summed E-state index contributed by atoms with van der Waals surface area (Å²) in [6, 6.07) is 7.18. The van der Waals surface area contributed by atoms with Gasteiger partial charge in [-0.05, 0) is 37.6 Å². The molecule has 0 aliphatic carbocycles. The van der Waals surface area contributed by atoms with E-state index < -0.39 is 4.92 Å². The van der Waals surface area contributed by atoms with E-state index in [4.69, 9.17) is 4.74 Å². The molecule has 2 aromatic rings. The Hall–Kier alpha value is -2.90. The Morgan fingerprint density at radius 2 is 1.96 bits per heavy atom. The van der Waals surface area contributed by atoms with Gasteiger partial charge in [-0.15, -0.1) is 0 Å². The van der Waals surface area contributed by atoms with E-state index in [1.165, 1.54) is 6.33 Å². The third-order valence-electron chi connectivity index (χ3n) is 3.62. The molecule has 1 heterocycles. The molecule has 1 aromatic heterocycles. The van der Waals surface area contributed by atoms with Crippen LogP contribution in [-0.4, -0.2) is 35.1 Å². The van der Waals surface area contributed by atoms with Crippen LogP contribution in [0.2, 0.25) is 0 Å². The molecule has 0 fully saturated rings. The maximum atomic E-state index is 11.6. The van der Waals surface area contributed by atoms with Crippen LogP contribution in [0, 0.1) is 10.1 Å². The van der Waals surface area contributed by atoms with Crippen LogP contribution in [0.25, 0.3) is 0 Å². The topological polar surface area (TPSA) is 93.4 Å². The Bertz CT molecular complexity index is 706. The molecule has 8 nitrogen and oxygen atoms in total. The van der Waals surface area contributed by atoms with Crippen molar-refractivity contribution in [3.8, 4) is 5.75 Å². The monoisotopic (exact) mass is 345 g/mol. The number of aromatic nitrogens is 2. The lowest BCUT2D eigenvalue weighted by Crippen LogP contribution is -2.21. The Balaban J connectivity index is 2.29. The number of ether oxygens (including phenoxy) is 1. The van der Waals surface area contributed by atoms with Gasteiger partial charge in [-0.1, -0.05) is 13.3 Å². The number of unbranched alkanes of at least 4 members (excludes halogenated alkanes) is 1. The average molecular weight is 345 g/mol. The second-order valence-corrected chi connectivity index (χ2v) is 5.51. The first-order valence-electron chi connectivity index (χ1n) is 8.27. The quantitative estimate of drug-likeness (QED) is 0.546. The van der Waals surface area contributed by atoms with Crippen LogP contribution in [0.4, 0.5) is 23.0 Å². The molecule has 25 heavy (non-hydrogen) atoms. The third-order valence-corrected chi connectivity index (χ3v) is 3.62. The van der Waals surface area contributed by atoms with Crippen molar-refractivity contribution in [2.45, 2.75) is 26.7 Å². The van der Waals surface area contributed by atoms with Gasteiger partial charge in [0.1, 0.15) is 12.1 Å². The van der Waals surface area contributed by atoms with Crippen LogP contribution in [-0.2, 0) is 0 Å². The molecule has 0 unspecified atom stereocenters. The summed E-state index contributed by atoms with van der Waals surface area (Å²) in [5, 5.41) is 14.6. The Labute approximate surface area is 147 Å². The van der Waals surface area contributed by atoms with Gasteiger partial charge in [-0.3, -0.25) is 10.1 Å². The molecular weight excluding hydrogens is 322 g/mol. The molecule has 0 amide bonds. The van der Waals surface area contributed by atoms with E-state index in [9.17, 15) is 10.1 Å². The molecule has 134 valence electrons. The van der Waals surface area contributed by atoms with Gasteiger partial charge in [0.15, 0.2) is 0 Å². The Kier molecular flexibility index (Phi) is 6.50. The standard InChI is InChI=1S/C17H23N5O3/c1-4-6-11-21(3)17-15(22(23)24)16(18-12-19-17)20-13-7-9-14(10-8-13)25-5-2/h7-10,12H,4-6,11H2,1-3H3,(H,18,19,20). The molecule has 8 heteroatoms. The van der Waals surface area contributed by atoms with Gasteiger partial charge in [-0.2, -0.15) is 0 Å². The molecule has 0 radical (unpaired) electrons. The fourth-order valence-electron chi connectivity index (χ4n) is 2.35. The molecule has 1 N–H and O–H groups in total. The highest BCUT2D eigenvalue weighted by Gasteiger charge is 2.25. The molecular formula is C17H23N5O3. The summed E-state index contributed by atoms with van der Waals surface area (Å²) in [7, 11) is 1.80. The second kappa shape index (κ2) is 8.81. The fraction of sp³-hybridized carbons (Fsp3) is 0.412.